The molecule has 0 bridgehead atoms. The van der Waals surface area contributed by atoms with Crippen molar-refractivity contribution in [3.63, 3.8) is 0 Å². The molecule has 10 heavy (non-hydrogen) atoms. The molecule has 1 heterocycles. The van der Waals surface area contributed by atoms with E-state index in [-0.39, 0.29) is 5.03 Å². The van der Waals surface area contributed by atoms with Crippen molar-refractivity contribution in [3.05, 3.63) is 12.5 Å². The Bertz CT molecular complexity index is 329. The molecule has 0 saturated carbocycles. The van der Waals surface area contributed by atoms with Crippen LogP contribution in [0.5, 0.6) is 0 Å². The van der Waals surface area contributed by atoms with E-state index in [0.717, 1.165) is 0 Å². The lowest BCUT2D eigenvalue weighted by Crippen LogP contribution is -1.88. The molecule has 0 radical (unpaired) electrons. The van der Waals surface area contributed by atoms with E-state index < -0.39 is 7.01 Å². The van der Waals surface area contributed by atoms with Crippen LogP contribution in [-0.2, 0) is 14.1 Å². The summed E-state index contributed by atoms with van der Waals surface area (Å²) in [6, 6.07) is 0. The summed E-state index contributed by atoms with van der Waals surface area (Å²) in [5.41, 5.74) is 0. The minimum Gasteiger partial charge on any atom is -0.339 e. The molecule has 1 aromatic rings. The van der Waals surface area contributed by atoms with Gasteiger partial charge in [-0.05, 0) is 0 Å². The molecule has 0 spiro atoms. The van der Waals surface area contributed by atoms with Crippen molar-refractivity contribution < 1.29 is 8.42 Å². The maximum absolute atomic E-state index is 10.8. The number of aryl methyl sites for hydroxylation is 1. The summed E-state index contributed by atoms with van der Waals surface area (Å²) >= 11 is 1.35. The van der Waals surface area contributed by atoms with Crippen molar-refractivity contribution in [3.8, 4) is 0 Å². The van der Waals surface area contributed by atoms with Gasteiger partial charge in [0.2, 0.25) is 7.01 Å². The normalized spacial score (nSPS) is 11.8. The van der Waals surface area contributed by atoms with Crippen molar-refractivity contribution in [2.24, 2.45) is 7.05 Å². The fourth-order valence-electron chi connectivity index (χ4n) is 0.515. The van der Waals surface area contributed by atoms with Gasteiger partial charge in [-0.3, -0.25) is 0 Å². The van der Waals surface area contributed by atoms with E-state index in [2.05, 4.69) is 4.98 Å². The maximum atomic E-state index is 10.8. The second kappa shape index (κ2) is 2.50. The monoisotopic (exact) mass is 272 g/mol. The third-order valence-corrected chi connectivity index (χ3v) is 3.00. The van der Waals surface area contributed by atoms with Gasteiger partial charge in [0.25, 0.3) is 0 Å². The number of nitrogens with zero attached hydrogens (tertiary/aromatic N) is 2. The molecule has 0 aliphatic heterocycles. The van der Waals surface area contributed by atoms with E-state index in [1.165, 1.54) is 33.7 Å². The van der Waals surface area contributed by atoms with Gasteiger partial charge in [0.15, 0.2) is 5.03 Å². The van der Waals surface area contributed by atoms with E-state index >= 15 is 0 Å². The van der Waals surface area contributed by atoms with Crippen LogP contribution >= 0.6 is 21.2 Å². The summed E-state index contributed by atoms with van der Waals surface area (Å²) in [4.78, 5) is 3.65. The number of hydrogen-bond donors (Lipinski definition) is 0. The molecule has 1 aromatic heterocycles. The first kappa shape index (κ1) is 7.99. The van der Waals surface area contributed by atoms with Crippen molar-refractivity contribution in [1.82, 2.24) is 9.55 Å². The van der Waals surface area contributed by atoms with Crippen LogP contribution in [0.25, 0.3) is 0 Å². The second-order valence-corrected chi connectivity index (χ2v) is 6.59. The van der Waals surface area contributed by atoms with E-state index in [1.807, 2.05) is 0 Å². The molecule has 0 fully saturated rings. The summed E-state index contributed by atoms with van der Waals surface area (Å²) < 4.78 is 23.1. The van der Waals surface area contributed by atoms with Crippen LogP contribution in [0.2, 0.25) is 0 Å². The van der Waals surface area contributed by atoms with Crippen molar-refractivity contribution in [2.45, 2.75) is 5.03 Å². The Morgan fingerprint density at radius 3 is 2.50 bits per heavy atom. The molecule has 4 nitrogen and oxygen atoms in total. The first-order chi connectivity index (χ1) is 4.50. The predicted octanol–water partition coefficient (Wildman–Crippen LogP) is 0.544. The summed E-state index contributed by atoms with van der Waals surface area (Å²) in [5.74, 6) is 0. The smallest absolute Gasteiger partial charge is 0.249 e. The zero-order chi connectivity index (χ0) is 7.78. The fourth-order valence-corrected chi connectivity index (χ4v) is 1.66. The largest absolute Gasteiger partial charge is 0.339 e. The predicted molar refractivity (Wildman–Crippen MR) is 44.4 cm³/mol. The Hall–Kier alpha value is -0.110. The summed E-state index contributed by atoms with van der Waals surface area (Å²) in [6.07, 6.45) is 2.91. The quantitative estimate of drug-likeness (QED) is 0.554. The van der Waals surface area contributed by atoms with Crippen LogP contribution in [0.4, 0.5) is 0 Å². The van der Waals surface area contributed by atoms with Gasteiger partial charge in [0.05, 0.1) is 27.5 Å². The Morgan fingerprint density at radius 2 is 2.30 bits per heavy atom. The Labute approximate surface area is 70.8 Å². The molecule has 0 aliphatic rings. The number of aromatic nitrogens is 2. The van der Waals surface area contributed by atoms with Crippen LogP contribution < -0.4 is 0 Å². The number of halogens is 1. The number of imidazole rings is 1. The van der Waals surface area contributed by atoms with Gasteiger partial charge in [0.1, 0.15) is 0 Å². The van der Waals surface area contributed by atoms with Crippen LogP contribution in [-0.4, -0.2) is 18.0 Å². The van der Waals surface area contributed by atoms with Gasteiger partial charge >= 0.3 is 0 Å². The first-order valence-electron chi connectivity index (χ1n) is 2.43. The van der Waals surface area contributed by atoms with E-state index in [0.29, 0.717) is 0 Å². The summed E-state index contributed by atoms with van der Waals surface area (Å²) in [7, 11) is -1.42. The molecular formula is C4H5IN2O2S. The molecular weight excluding hydrogens is 267 g/mol. The maximum Gasteiger partial charge on any atom is 0.249 e. The topological polar surface area (TPSA) is 52.0 Å². The molecule has 1 rings (SSSR count). The van der Waals surface area contributed by atoms with Crippen LogP contribution in [0.1, 0.15) is 0 Å². The Balaban J connectivity index is 3.21. The van der Waals surface area contributed by atoms with Gasteiger partial charge in [-0.2, -0.15) is 0 Å². The minimum absolute atomic E-state index is 0.107. The molecule has 6 heteroatoms. The molecule has 0 saturated heterocycles. The average molecular weight is 272 g/mol. The molecule has 0 amide bonds. The Morgan fingerprint density at radius 1 is 1.70 bits per heavy atom. The van der Waals surface area contributed by atoms with Gasteiger partial charge in [-0.15, -0.1) is 0 Å². The molecule has 56 valence electrons. The zero-order valence-electron chi connectivity index (χ0n) is 5.15. The molecule has 0 aliphatic carbocycles. The highest BCUT2D eigenvalue weighted by atomic mass is 127. The Kier molecular flexibility index (Phi) is 1.99. The summed E-state index contributed by atoms with van der Waals surface area (Å²) in [5, 5.41) is 0.107. The van der Waals surface area contributed by atoms with E-state index in [9.17, 15) is 8.42 Å². The highest BCUT2D eigenvalue weighted by molar-refractivity contribution is 14.2. The lowest BCUT2D eigenvalue weighted by molar-refractivity contribution is 0.610. The molecule has 0 aromatic carbocycles. The molecule has 0 unspecified atom stereocenters. The van der Waals surface area contributed by atoms with Gasteiger partial charge in [-0.25, -0.2) is 13.4 Å². The second-order valence-electron chi connectivity index (χ2n) is 1.82. The van der Waals surface area contributed by atoms with Crippen LogP contribution in [0.15, 0.2) is 17.6 Å². The van der Waals surface area contributed by atoms with Crippen molar-refractivity contribution >= 4 is 28.2 Å². The lowest BCUT2D eigenvalue weighted by Gasteiger charge is -1.84. The lowest BCUT2D eigenvalue weighted by atomic mass is 10.9. The van der Waals surface area contributed by atoms with E-state index in [4.69, 9.17) is 0 Å². The van der Waals surface area contributed by atoms with Gasteiger partial charge in [-0.1, -0.05) is 0 Å². The number of hydrogen-bond acceptors (Lipinski definition) is 3. The third kappa shape index (κ3) is 1.69. The van der Waals surface area contributed by atoms with Crippen molar-refractivity contribution in [1.29, 1.82) is 0 Å². The van der Waals surface area contributed by atoms with E-state index in [1.54, 1.807) is 11.6 Å². The standard InChI is InChI=1S/C4H5IN2O2S/c1-7-2-4(6-3-7)10(5,8)9/h2-3H,1H3. The minimum atomic E-state index is -3.14. The van der Waals surface area contributed by atoms with Gasteiger partial charge in [0, 0.05) is 13.2 Å². The highest BCUT2D eigenvalue weighted by Gasteiger charge is 2.10. The third-order valence-electron chi connectivity index (χ3n) is 0.931. The highest BCUT2D eigenvalue weighted by Crippen LogP contribution is 2.13. The fraction of sp³-hybridized carbons (Fsp3) is 0.250. The zero-order valence-corrected chi connectivity index (χ0v) is 8.13. The number of rotatable bonds is 1. The van der Waals surface area contributed by atoms with Gasteiger partial charge < -0.3 is 4.57 Å². The van der Waals surface area contributed by atoms with Crippen molar-refractivity contribution in [2.75, 3.05) is 0 Å². The van der Waals surface area contributed by atoms with Crippen LogP contribution in [0, 0.1) is 0 Å². The average Bonchev–Trinajstić information content (AvgIpc) is 2.11. The SMILES string of the molecule is Cn1cnc(S(=O)(=O)I)c1. The summed E-state index contributed by atoms with van der Waals surface area (Å²) in [6.45, 7) is 0. The molecule has 0 N–H and O–H groups in total. The first-order valence-corrected chi connectivity index (χ1v) is 6.45. The van der Waals surface area contributed by atoms with Crippen LogP contribution in [0.3, 0.4) is 0 Å². The molecule has 0 atom stereocenters.